The largest absolute Gasteiger partial charge is 0.480 e. The van der Waals surface area contributed by atoms with Crippen LogP contribution in [0.4, 0.5) is 13.2 Å². The smallest absolute Gasteiger partial charge is 0.416 e. The second-order valence-electron chi connectivity index (χ2n) is 9.58. The molecule has 1 atom stereocenters. The Labute approximate surface area is 266 Å². The first kappa shape index (κ1) is 33.2. The summed E-state index contributed by atoms with van der Waals surface area (Å²) in [7, 11) is 0. The van der Waals surface area contributed by atoms with Crippen LogP contribution in [-0.4, -0.2) is 34.7 Å². The number of amides is 2. The van der Waals surface area contributed by atoms with Gasteiger partial charge in [0.2, 0.25) is 0 Å². The molecule has 0 aliphatic carbocycles. The van der Waals surface area contributed by atoms with E-state index in [0.29, 0.717) is 27.8 Å². The van der Waals surface area contributed by atoms with Gasteiger partial charge in [-0.3, -0.25) is 9.59 Å². The predicted octanol–water partition coefficient (Wildman–Crippen LogP) is 7.42. The molecule has 0 saturated carbocycles. The summed E-state index contributed by atoms with van der Waals surface area (Å²) in [6.07, 6.45) is -3.29. The Morgan fingerprint density at radius 1 is 0.889 bits per heavy atom. The van der Waals surface area contributed by atoms with Crippen LogP contribution in [0.15, 0.2) is 109 Å². The second kappa shape index (κ2) is 15.3. The summed E-state index contributed by atoms with van der Waals surface area (Å²) < 4.78 is 44.9. The van der Waals surface area contributed by atoms with Crippen LogP contribution in [-0.2, 0) is 21.5 Å². The second-order valence-corrected chi connectivity index (χ2v) is 11.0. The Morgan fingerprint density at radius 3 is 2.22 bits per heavy atom. The number of carbonyl (C=O) groups excluding carboxylic acids is 2. The van der Waals surface area contributed by atoms with E-state index in [2.05, 4.69) is 10.6 Å². The van der Waals surface area contributed by atoms with Gasteiger partial charge in [-0.1, -0.05) is 54.1 Å². The number of carboxylic acids is 1. The van der Waals surface area contributed by atoms with Gasteiger partial charge in [-0.25, -0.2) is 4.79 Å². The van der Waals surface area contributed by atoms with E-state index in [1.54, 1.807) is 48.5 Å². The van der Waals surface area contributed by atoms with Crippen LogP contribution in [0.2, 0.25) is 5.02 Å². The normalized spacial score (nSPS) is 12.2. The number of alkyl halides is 3. The number of carbonyl (C=O) groups is 3. The van der Waals surface area contributed by atoms with E-state index in [-0.39, 0.29) is 17.0 Å². The van der Waals surface area contributed by atoms with Gasteiger partial charge in [-0.2, -0.15) is 24.9 Å². The average Bonchev–Trinajstić information content (AvgIpc) is 3.01. The molecule has 0 saturated heterocycles. The lowest BCUT2D eigenvalue weighted by molar-refractivity contribution is -0.140. The highest BCUT2D eigenvalue weighted by atomic mass is 35.5. The highest BCUT2D eigenvalue weighted by molar-refractivity contribution is 7.98. The molecule has 0 bridgehead atoms. The van der Waals surface area contributed by atoms with Crippen molar-refractivity contribution in [3.8, 4) is 11.5 Å². The molecule has 232 valence electrons. The van der Waals surface area contributed by atoms with Crippen molar-refractivity contribution in [1.29, 1.82) is 0 Å². The van der Waals surface area contributed by atoms with Crippen molar-refractivity contribution in [2.75, 3.05) is 5.75 Å². The highest BCUT2D eigenvalue weighted by Gasteiger charge is 2.30. The summed E-state index contributed by atoms with van der Waals surface area (Å²) in [5, 5.41) is 15.2. The van der Waals surface area contributed by atoms with Gasteiger partial charge in [-0.05, 0) is 77.9 Å². The summed E-state index contributed by atoms with van der Waals surface area (Å²) in [6.45, 7) is 0. The fourth-order valence-electron chi connectivity index (χ4n) is 3.92. The fourth-order valence-corrected chi connectivity index (χ4v) is 5.05. The van der Waals surface area contributed by atoms with Crippen LogP contribution in [0.3, 0.4) is 0 Å². The topological polar surface area (TPSA) is 105 Å². The van der Waals surface area contributed by atoms with Crippen LogP contribution >= 0.6 is 23.4 Å². The Bertz CT molecular complexity index is 1660. The third-order valence-electron chi connectivity index (χ3n) is 6.19. The van der Waals surface area contributed by atoms with Gasteiger partial charge in [0.05, 0.1) is 5.56 Å². The van der Waals surface area contributed by atoms with Crippen molar-refractivity contribution in [3.05, 3.63) is 136 Å². The molecule has 4 aromatic carbocycles. The van der Waals surface area contributed by atoms with Crippen molar-refractivity contribution in [2.45, 2.75) is 18.0 Å². The molecule has 4 aromatic rings. The predicted molar refractivity (Wildman–Crippen MR) is 167 cm³/mol. The first-order chi connectivity index (χ1) is 21.5. The van der Waals surface area contributed by atoms with Gasteiger partial charge in [-0.15, -0.1) is 0 Å². The maximum absolute atomic E-state index is 13.4. The molecule has 3 N–H and O–H groups in total. The third kappa shape index (κ3) is 10.2. The number of aliphatic carboxylic acids is 1. The number of benzene rings is 4. The molecule has 0 radical (unpaired) electrons. The van der Waals surface area contributed by atoms with E-state index >= 15 is 0 Å². The molecule has 45 heavy (non-hydrogen) atoms. The van der Waals surface area contributed by atoms with Crippen LogP contribution in [0.25, 0.3) is 6.08 Å². The van der Waals surface area contributed by atoms with Crippen molar-refractivity contribution in [3.63, 3.8) is 0 Å². The monoisotopic (exact) mass is 654 g/mol. The maximum Gasteiger partial charge on any atom is 0.416 e. The van der Waals surface area contributed by atoms with Crippen molar-refractivity contribution in [2.24, 2.45) is 0 Å². The van der Waals surface area contributed by atoms with E-state index in [1.807, 2.05) is 30.3 Å². The Kier molecular flexibility index (Phi) is 11.3. The summed E-state index contributed by atoms with van der Waals surface area (Å²) in [6, 6.07) is 24.7. The third-order valence-corrected chi connectivity index (χ3v) is 7.54. The van der Waals surface area contributed by atoms with Crippen LogP contribution in [0, 0.1) is 0 Å². The van der Waals surface area contributed by atoms with Crippen LogP contribution in [0.1, 0.15) is 27.0 Å². The van der Waals surface area contributed by atoms with E-state index in [0.717, 1.165) is 29.8 Å². The zero-order chi connectivity index (χ0) is 32.4. The first-order valence-electron chi connectivity index (χ1n) is 13.4. The van der Waals surface area contributed by atoms with Crippen molar-refractivity contribution >= 4 is 47.2 Å². The van der Waals surface area contributed by atoms with Gasteiger partial charge in [0.15, 0.2) is 0 Å². The Morgan fingerprint density at radius 2 is 1.58 bits per heavy atom. The van der Waals surface area contributed by atoms with Crippen molar-refractivity contribution < 1.29 is 37.4 Å². The molecule has 7 nitrogen and oxygen atoms in total. The van der Waals surface area contributed by atoms with Gasteiger partial charge in [0.25, 0.3) is 11.8 Å². The van der Waals surface area contributed by atoms with E-state index < -0.39 is 35.6 Å². The number of nitrogens with one attached hydrogen (secondary N) is 2. The Balaban J connectivity index is 1.56. The zero-order valence-corrected chi connectivity index (χ0v) is 25.0. The van der Waals surface area contributed by atoms with E-state index in [1.165, 1.54) is 17.8 Å². The molecule has 0 spiro atoms. The van der Waals surface area contributed by atoms with Crippen molar-refractivity contribution in [1.82, 2.24) is 10.6 Å². The van der Waals surface area contributed by atoms with Gasteiger partial charge >= 0.3 is 12.1 Å². The van der Waals surface area contributed by atoms with Gasteiger partial charge in [0.1, 0.15) is 23.2 Å². The summed E-state index contributed by atoms with van der Waals surface area (Å²) in [4.78, 5) is 38.4. The number of hydrogen-bond acceptors (Lipinski definition) is 5. The minimum absolute atomic E-state index is 0.0283. The molecule has 0 unspecified atom stereocenters. The quantitative estimate of drug-likeness (QED) is 0.137. The molecule has 4 rings (SSSR count). The zero-order valence-electron chi connectivity index (χ0n) is 23.4. The number of halogens is 4. The minimum atomic E-state index is -4.59. The summed E-state index contributed by atoms with van der Waals surface area (Å²) >= 11 is 7.23. The lowest BCUT2D eigenvalue weighted by atomic mass is 10.1. The van der Waals surface area contributed by atoms with Crippen LogP contribution < -0.4 is 15.4 Å². The minimum Gasteiger partial charge on any atom is -0.480 e. The molecule has 0 aliphatic heterocycles. The lowest BCUT2D eigenvalue weighted by Gasteiger charge is -2.17. The van der Waals surface area contributed by atoms with Gasteiger partial charge in [0, 0.05) is 22.1 Å². The molecule has 0 heterocycles. The summed E-state index contributed by atoms with van der Waals surface area (Å²) in [5.74, 6) is -1.65. The SMILES string of the molecule is O=C(N[C@@H](CSCc1ccccc1)C(=O)O)C(=Cc1cccc(Oc2ccc(Cl)cc2)c1)NC(=O)c1ccc(C(F)(F)F)cc1. The van der Waals surface area contributed by atoms with Gasteiger partial charge < -0.3 is 20.5 Å². The molecule has 0 aliphatic rings. The first-order valence-corrected chi connectivity index (χ1v) is 14.9. The van der Waals surface area contributed by atoms with E-state index in [4.69, 9.17) is 16.3 Å². The van der Waals surface area contributed by atoms with Crippen LogP contribution in [0.5, 0.6) is 11.5 Å². The number of hydrogen-bond donors (Lipinski definition) is 3. The standard InChI is InChI=1S/C33H26ClF3N2O5S/c34-25-13-15-26(16-14-25)44-27-8-4-7-22(17-27)18-28(38-30(40)23-9-11-24(12-10-23)33(35,36)37)31(41)39-29(32(42)43)20-45-19-21-5-2-1-3-6-21/h1-18,29H,19-20H2,(H,38,40)(H,39,41)(H,42,43)/t29-/m0/s1. The summed E-state index contributed by atoms with van der Waals surface area (Å²) in [5.41, 5.74) is -0.0346. The fraction of sp³-hybridized carbons (Fsp3) is 0.121. The molecular weight excluding hydrogens is 629 g/mol. The number of rotatable bonds is 12. The van der Waals surface area contributed by atoms with E-state index in [9.17, 15) is 32.7 Å². The number of carboxylic acid groups (broad SMARTS) is 1. The Hall–Kier alpha value is -4.74. The molecular formula is C33H26ClF3N2O5S. The maximum atomic E-state index is 13.4. The molecule has 12 heteroatoms. The average molecular weight is 655 g/mol. The molecule has 2 amide bonds. The highest BCUT2D eigenvalue weighted by Crippen LogP contribution is 2.29. The molecule has 0 fully saturated rings. The number of thioether (sulfide) groups is 1. The number of ether oxygens (including phenoxy) is 1. The lowest BCUT2D eigenvalue weighted by Crippen LogP contribution is -2.45. The molecule has 0 aromatic heterocycles.